The normalized spacial score (nSPS) is 10.8. The minimum absolute atomic E-state index is 0.337. The molecule has 0 unspecified atom stereocenters. The molecule has 0 radical (unpaired) electrons. The molecule has 0 saturated heterocycles. The zero-order valence-corrected chi connectivity index (χ0v) is 11.6. The number of nitrogen functional groups attached to an aromatic ring is 1. The number of aryl methyl sites for hydroxylation is 1. The summed E-state index contributed by atoms with van der Waals surface area (Å²) in [6, 6.07) is 1.81. The molecule has 7 nitrogen and oxygen atoms in total. The van der Waals surface area contributed by atoms with Gasteiger partial charge in [-0.25, -0.2) is 9.36 Å². The van der Waals surface area contributed by atoms with Gasteiger partial charge in [0.2, 0.25) is 0 Å². The predicted octanol–water partition coefficient (Wildman–Crippen LogP) is 1.50. The summed E-state index contributed by atoms with van der Waals surface area (Å²) in [7, 11) is 0. The third kappa shape index (κ3) is 2.10. The minimum atomic E-state index is 0.337. The third-order valence-electron chi connectivity index (χ3n) is 2.49. The van der Waals surface area contributed by atoms with Gasteiger partial charge in [-0.15, -0.1) is 0 Å². The number of nitrogens with zero attached hydrogens (tertiary/aromatic N) is 6. The molecule has 96 valence electrons. The highest BCUT2D eigenvalue weighted by Gasteiger charge is 2.13. The summed E-state index contributed by atoms with van der Waals surface area (Å²) in [6.45, 7) is 1.94. The number of hydrogen-bond acceptors (Lipinski definition) is 5. The van der Waals surface area contributed by atoms with Crippen LogP contribution >= 0.6 is 15.9 Å². The first-order valence-electron chi connectivity index (χ1n) is 5.50. The zero-order valence-electron chi connectivity index (χ0n) is 10.0. The number of rotatable bonds is 2. The summed E-state index contributed by atoms with van der Waals surface area (Å²) in [5, 5.41) is 8.31. The highest BCUT2D eigenvalue weighted by Crippen LogP contribution is 2.24. The number of hydrogen-bond donors (Lipinski definition) is 1. The van der Waals surface area contributed by atoms with Crippen LogP contribution in [0.5, 0.6) is 0 Å². The lowest BCUT2D eigenvalue weighted by Gasteiger charge is -2.08. The lowest BCUT2D eigenvalue weighted by Crippen LogP contribution is -2.10. The van der Waals surface area contributed by atoms with E-state index in [0.29, 0.717) is 22.1 Å². The van der Waals surface area contributed by atoms with E-state index in [-0.39, 0.29) is 0 Å². The van der Waals surface area contributed by atoms with Crippen LogP contribution in [-0.4, -0.2) is 29.5 Å². The van der Waals surface area contributed by atoms with E-state index in [4.69, 9.17) is 5.73 Å². The van der Waals surface area contributed by atoms with Crippen molar-refractivity contribution in [3.05, 3.63) is 40.9 Å². The number of halogens is 1. The Labute approximate surface area is 117 Å². The van der Waals surface area contributed by atoms with E-state index in [0.717, 1.165) is 5.56 Å². The van der Waals surface area contributed by atoms with Gasteiger partial charge in [-0.05, 0) is 34.5 Å². The number of nitrogens with two attached hydrogens (primary N) is 1. The molecule has 0 atom stereocenters. The molecular weight excluding hydrogens is 310 g/mol. The number of aromatic nitrogens is 6. The molecule has 19 heavy (non-hydrogen) atoms. The first kappa shape index (κ1) is 11.8. The van der Waals surface area contributed by atoms with E-state index in [9.17, 15) is 0 Å². The molecule has 0 aromatic carbocycles. The molecule has 3 aromatic heterocycles. The van der Waals surface area contributed by atoms with Crippen molar-refractivity contribution in [2.45, 2.75) is 6.92 Å². The van der Waals surface area contributed by atoms with E-state index in [2.05, 4.69) is 36.1 Å². The lowest BCUT2D eigenvalue weighted by atomic mass is 10.4. The van der Waals surface area contributed by atoms with Gasteiger partial charge in [0, 0.05) is 18.6 Å². The van der Waals surface area contributed by atoms with Crippen molar-refractivity contribution in [2.75, 3.05) is 5.73 Å². The van der Waals surface area contributed by atoms with Crippen LogP contribution in [0.3, 0.4) is 0 Å². The summed E-state index contributed by atoms with van der Waals surface area (Å²) >= 11 is 3.37. The van der Waals surface area contributed by atoms with Crippen LogP contribution in [0.4, 0.5) is 5.82 Å². The lowest BCUT2D eigenvalue weighted by molar-refractivity contribution is 0.773. The summed E-state index contributed by atoms with van der Waals surface area (Å²) in [5.74, 6) is 1.31. The van der Waals surface area contributed by atoms with E-state index >= 15 is 0 Å². The fourth-order valence-electron chi connectivity index (χ4n) is 1.61. The fourth-order valence-corrected chi connectivity index (χ4v) is 1.97. The molecule has 0 aliphatic rings. The maximum absolute atomic E-state index is 5.89. The highest BCUT2D eigenvalue weighted by atomic mass is 79.9. The molecule has 2 N–H and O–H groups in total. The summed E-state index contributed by atoms with van der Waals surface area (Å²) in [5.41, 5.74) is 6.91. The molecule has 0 saturated carbocycles. The smallest absolute Gasteiger partial charge is 0.254 e. The van der Waals surface area contributed by atoms with E-state index < -0.39 is 0 Å². The average molecular weight is 320 g/mol. The molecule has 8 heteroatoms. The Balaban J connectivity index is 2.18. The molecule has 3 rings (SSSR count). The first-order valence-corrected chi connectivity index (χ1v) is 6.29. The molecule has 3 aromatic rings. The summed E-state index contributed by atoms with van der Waals surface area (Å²) < 4.78 is 3.79. The monoisotopic (exact) mass is 319 g/mol. The second kappa shape index (κ2) is 4.47. The third-order valence-corrected chi connectivity index (χ3v) is 3.25. The SMILES string of the molecule is Cc1cnn(-c2nc(N)c(Br)c(-n3cccn3)n2)c1. The van der Waals surface area contributed by atoms with Crippen molar-refractivity contribution in [3.63, 3.8) is 0 Å². The zero-order chi connectivity index (χ0) is 13.4. The van der Waals surface area contributed by atoms with Crippen LogP contribution in [-0.2, 0) is 0 Å². The van der Waals surface area contributed by atoms with Gasteiger partial charge in [-0.3, -0.25) is 0 Å². The molecule has 0 aliphatic heterocycles. The maximum atomic E-state index is 5.89. The van der Waals surface area contributed by atoms with Gasteiger partial charge in [0.05, 0.1) is 6.20 Å². The Morgan fingerprint density at radius 3 is 2.68 bits per heavy atom. The van der Waals surface area contributed by atoms with Crippen molar-refractivity contribution in [2.24, 2.45) is 0 Å². The van der Waals surface area contributed by atoms with E-state index in [1.54, 1.807) is 28.0 Å². The molecule has 3 heterocycles. The van der Waals surface area contributed by atoms with E-state index in [1.807, 2.05) is 19.2 Å². The fraction of sp³-hybridized carbons (Fsp3) is 0.0909. The van der Waals surface area contributed by atoms with Gasteiger partial charge in [0.1, 0.15) is 10.3 Å². The molecule has 0 bridgehead atoms. The van der Waals surface area contributed by atoms with Gasteiger partial charge in [0.15, 0.2) is 5.82 Å². The second-order valence-corrected chi connectivity index (χ2v) is 4.75. The summed E-state index contributed by atoms with van der Waals surface area (Å²) in [6.07, 6.45) is 7.01. The Morgan fingerprint density at radius 1 is 1.21 bits per heavy atom. The van der Waals surface area contributed by atoms with Crippen LogP contribution in [0.1, 0.15) is 5.56 Å². The standard InChI is InChI=1S/C11H10BrN7/c1-7-5-15-19(6-7)11-16-9(13)8(12)10(17-11)18-4-2-3-14-18/h2-6H,1H3,(H2,13,16,17). The van der Waals surface area contributed by atoms with Crippen LogP contribution in [0, 0.1) is 6.92 Å². The Bertz CT molecular complexity index is 717. The second-order valence-electron chi connectivity index (χ2n) is 3.96. The number of anilines is 1. The van der Waals surface area contributed by atoms with Crippen LogP contribution < -0.4 is 5.73 Å². The first-order chi connectivity index (χ1) is 9.15. The van der Waals surface area contributed by atoms with E-state index in [1.165, 1.54) is 0 Å². The van der Waals surface area contributed by atoms with Crippen molar-refractivity contribution in [1.82, 2.24) is 29.5 Å². The van der Waals surface area contributed by atoms with Crippen molar-refractivity contribution in [1.29, 1.82) is 0 Å². The maximum Gasteiger partial charge on any atom is 0.254 e. The quantitative estimate of drug-likeness (QED) is 0.773. The molecule has 0 aliphatic carbocycles. The topological polar surface area (TPSA) is 87.4 Å². The Hall–Kier alpha value is -2.22. The molecule has 0 fully saturated rings. The van der Waals surface area contributed by atoms with Crippen molar-refractivity contribution >= 4 is 21.7 Å². The van der Waals surface area contributed by atoms with Gasteiger partial charge in [0.25, 0.3) is 5.95 Å². The van der Waals surface area contributed by atoms with Gasteiger partial charge < -0.3 is 5.73 Å². The van der Waals surface area contributed by atoms with Crippen LogP contribution in [0.25, 0.3) is 11.8 Å². The van der Waals surface area contributed by atoms with Crippen LogP contribution in [0.2, 0.25) is 0 Å². The molecule has 0 amide bonds. The molecule has 0 spiro atoms. The van der Waals surface area contributed by atoms with Crippen molar-refractivity contribution < 1.29 is 0 Å². The minimum Gasteiger partial charge on any atom is -0.383 e. The Kier molecular flexibility index (Phi) is 2.79. The van der Waals surface area contributed by atoms with Crippen molar-refractivity contribution in [3.8, 4) is 11.8 Å². The van der Waals surface area contributed by atoms with Gasteiger partial charge in [-0.2, -0.15) is 20.2 Å². The highest BCUT2D eigenvalue weighted by molar-refractivity contribution is 9.10. The largest absolute Gasteiger partial charge is 0.383 e. The summed E-state index contributed by atoms with van der Waals surface area (Å²) in [4.78, 5) is 8.63. The molecular formula is C11H10BrN7. The van der Waals surface area contributed by atoms with Gasteiger partial charge >= 0.3 is 0 Å². The Morgan fingerprint density at radius 2 is 2.05 bits per heavy atom. The average Bonchev–Trinajstić information content (AvgIpc) is 3.03. The van der Waals surface area contributed by atoms with Crippen LogP contribution in [0.15, 0.2) is 35.3 Å². The predicted molar refractivity (Wildman–Crippen MR) is 73.1 cm³/mol. The van der Waals surface area contributed by atoms with Gasteiger partial charge in [-0.1, -0.05) is 0 Å².